The van der Waals surface area contributed by atoms with Gasteiger partial charge in [0.2, 0.25) is 0 Å². The molecule has 0 aliphatic rings. The van der Waals surface area contributed by atoms with E-state index in [0.29, 0.717) is 29.1 Å². The Labute approximate surface area is 140 Å². The van der Waals surface area contributed by atoms with Crippen molar-refractivity contribution in [3.8, 4) is 11.8 Å². The minimum absolute atomic E-state index is 0.169. The minimum Gasteiger partial charge on any atom is -0.484 e. The Morgan fingerprint density at radius 2 is 1.92 bits per heavy atom. The van der Waals surface area contributed by atoms with E-state index < -0.39 is 0 Å². The Morgan fingerprint density at radius 3 is 2.58 bits per heavy atom. The first kappa shape index (κ1) is 17.0. The molecule has 0 aliphatic heterocycles. The normalized spacial score (nSPS) is 9.67. The van der Waals surface area contributed by atoms with Gasteiger partial charge in [0.1, 0.15) is 5.75 Å². The summed E-state index contributed by atoms with van der Waals surface area (Å²) >= 11 is 0. The maximum atomic E-state index is 11.9. The predicted octanol–water partition coefficient (Wildman–Crippen LogP) is 2.33. The van der Waals surface area contributed by atoms with Crippen molar-refractivity contribution in [1.29, 1.82) is 5.26 Å². The summed E-state index contributed by atoms with van der Waals surface area (Å²) in [5, 5.41) is 14.1. The van der Waals surface area contributed by atoms with E-state index in [-0.39, 0.29) is 18.4 Å². The maximum Gasteiger partial charge on any atom is 0.262 e. The number of nitriles is 1. The molecular formula is C18H17N3O3. The summed E-state index contributed by atoms with van der Waals surface area (Å²) in [6.45, 7) is 2.20. The molecule has 0 aromatic heterocycles. The molecule has 0 saturated heterocycles. The van der Waals surface area contributed by atoms with Crippen molar-refractivity contribution in [3.63, 3.8) is 0 Å². The van der Waals surface area contributed by atoms with Crippen LogP contribution in [0.25, 0.3) is 0 Å². The first-order valence-electron chi connectivity index (χ1n) is 7.43. The van der Waals surface area contributed by atoms with Crippen LogP contribution in [0.15, 0.2) is 48.5 Å². The molecule has 0 radical (unpaired) electrons. The molecule has 6 nitrogen and oxygen atoms in total. The first-order chi connectivity index (χ1) is 11.6. The molecule has 0 aliphatic carbocycles. The summed E-state index contributed by atoms with van der Waals surface area (Å²) in [6, 6.07) is 15.2. The summed E-state index contributed by atoms with van der Waals surface area (Å²) in [5.74, 6) is -0.0323. The van der Waals surface area contributed by atoms with E-state index in [1.54, 1.807) is 48.5 Å². The van der Waals surface area contributed by atoms with Gasteiger partial charge in [0.05, 0.1) is 11.6 Å². The van der Waals surface area contributed by atoms with Gasteiger partial charge in [-0.3, -0.25) is 9.59 Å². The number of ether oxygens (including phenoxy) is 1. The van der Waals surface area contributed by atoms with E-state index in [9.17, 15) is 9.59 Å². The van der Waals surface area contributed by atoms with Gasteiger partial charge in [-0.15, -0.1) is 0 Å². The molecule has 0 spiro atoms. The van der Waals surface area contributed by atoms with Gasteiger partial charge < -0.3 is 15.4 Å². The molecule has 2 aromatic carbocycles. The van der Waals surface area contributed by atoms with Gasteiger partial charge in [-0.2, -0.15) is 5.26 Å². The fraction of sp³-hybridized carbons (Fsp3) is 0.167. The highest BCUT2D eigenvalue weighted by Gasteiger charge is 2.08. The Morgan fingerprint density at radius 1 is 1.17 bits per heavy atom. The Bertz CT molecular complexity index is 764. The van der Waals surface area contributed by atoms with Crippen molar-refractivity contribution in [3.05, 3.63) is 59.7 Å². The average Bonchev–Trinajstić information content (AvgIpc) is 2.61. The molecule has 2 aromatic rings. The lowest BCUT2D eigenvalue weighted by Gasteiger charge is -2.09. The first-order valence-corrected chi connectivity index (χ1v) is 7.43. The Hall–Kier alpha value is -3.33. The van der Waals surface area contributed by atoms with Crippen LogP contribution >= 0.6 is 0 Å². The van der Waals surface area contributed by atoms with Crippen LogP contribution in [0.4, 0.5) is 5.69 Å². The van der Waals surface area contributed by atoms with Crippen LogP contribution in [0.1, 0.15) is 22.8 Å². The summed E-state index contributed by atoms with van der Waals surface area (Å²) in [5.41, 5.74) is 1.52. The van der Waals surface area contributed by atoms with Crippen LogP contribution in [-0.4, -0.2) is 25.0 Å². The number of amides is 2. The van der Waals surface area contributed by atoms with Crippen LogP contribution in [0, 0.1) is 11.3 Å². The summed E-state index contributed by atoms with van der Waals surface area (Å²) in [4.78, 5) is 23.7. The van der Waals surface area contributed by atoms with Gasteiger partial charge in [0.15, 0.2) is 6.61 Å². The lowest BCUT2D eigenvalue weighted by molar-refractivity contribution is -0.118. The van der Waals surface area contributed by atoms with Crippen LogP contribution in [-0.2, 0) is 4.79 Å². The molecule has 24 heavy (non-hydrogen) atoms. The van der Waals surface area contributed by atoms with Crippen molar-refractivity contribution in [2.24, 2.45) is 0 Å². The summed E-state index contributed by atoms with van der Waals surface area (Å²) in [7, 11) is 0. The molecule has 2 rings (SSSR count). The summed E-state index contributed by atoms with van der Waals surface area (Å²) < 4.78 is 5.36. The SMILES string of the molecule is CCNC(=O)c1cccc(NC(=O)COc2ccc(C#N)cc2)c1. The zero-order chi connectivity index (χ0) is 17.4. The van der Waals surface area contributed by atoms with Crippen molar-refractivity contribution in [1.82, 2.24) is 5.32 Å². The van der Waals surface area contributed by atoms with E-state index in [0.717, 1.165) is 0 Å². The Balaban J connectivity index is 1.91. The number of nitrogens with one attached hydrogen (secondary N) is 2. The third kappa shape index (κ3) is 4.85. The highest BCUT2D eigenvalue weighted by Crippen LogP contribution is 2.13. The van der Waals surface area contributed by atoms with E-state index in [1.165, 1.54) is 0 Å². The molecule has 122 valence electrons. The van der Waals surface area contributed by atoms with Crippen molar-refractivity contribution in [2.75, 3.05) is 18.5 Å². The second kappa shape index (κ2) is 8.34. The fourth-order valence-corrected chi connectivity index (χ4v) is 1.97. The average molecular weight is 323 g/mol. The zero-order valence-corrected chi connectivity index (χ0v) is 13.2. The highest BCUT2D eigenvalue weighted by atomic mass is 16.5. The highest BCUT2D eigenvalue weighted by molar-refractivity contribution is 5.97. The molecule has 2 N–H and O–H groups in total. The van der Waals surface area contributed by atoms with Gasteiger partial charge in [0.25, 0.3) is 11.8 Å². The minimum atomic E-state index is -0.340. The third-order valence-corrected chi connectivity index (χ3v) is 3.10. The number of benzene rings is 2. The number of anilines is 1. The number of hydrogen-bond acceptors (Lipinski definition) is 4. The van der Waals surface area contributed by atoms with E-state index in [4.69, 9.17) is 10.00 Å². The second-order valence-electron chi connectivity index (χ2n) is 4.91. The fourth-order valence-electron chi connectivity index (χ4n) is 1.97. The quantitative estimate of drug-likeness (QED) is 0.853. The largest absolute Gasteiger partial charge is 0.484 e. The van der Waals surface area contributed by atoms with E-state index >= 15 is 0 Å². The smallest absolute Gasteiger partial charge is 0.262 e. The molecule has 0 atom stereocenters. The van der Waals surface area contributed by atoms with Gasteiger partial charge in [-0.1, -0.05) is 6.07 Å². The molecule has 0 saturated carbocycles. The maximum absolute atomic E-state index is 11.9. The standard InChI is InChI=1S/C18H17N3O3/c1-2-20-18(23)14-4-3-5-15(10-14)21-17(22)12-24-16-8-6-13(11-19)7-9-16/h3-10H,2,12H2,1H3,(H,20,23)(H,21,22). The van der Waals surface area contributed by atoms with Crippen molar-refractivity contribution in [2.45, 2.75) is 6.92 Å². The molecule has 2 amide bonds. The third-order valence-electron chi connectivity index (χ3n) is 3.10. The molecule has 0 unspecified atom stereocenters. The topological polar surface area (TPSA) is 91.2 Å². The Kier molecular flexibility index (Phi) is 5.92. The van der Waals surface area contributed by atoms with Crippen LogP contribution in [0.3, 0.4) is 0 Å². The number of rotatable bonds is 6. The summed E-state index contributed by atoms with van der Waals surface area (Å²) in [6.07, 6.45) is 0. The van der Waals surface area contributed by atoms with Crippen LogP contribution < -0.4 is 15.4 Å². The van der Waals surface area contributed by atoms with Gasteiger partial charge >= 0.3 is 0 Å². The number of carbonyl (C=O) groups is 2. The molecule has 0 heterocycles. The van der Waals surface area contributed by atoms with Gasteiger partial charge in [-0.05, 0) is 49.4 Å². The monoisotopic (exact) mass is 323 g/mol. The predicted molar refractivity (Wildman–Crippen MR) is 89.7 cm³/mol. The van der Waals surface area contributed by atoms with E-state index in [2.05, 4.69) is 10.6 Å². The van der Waals surface area contributed by atoms with Crippen molar-refractivity contribution >= 4 is 17.5 Å². The van der Waals surface area contributed by atoms with Gasteiger partial charge in [-0.25, -0.2) is 0 Å². The van der Waals surface area contributed by atoms with Crippen LogP contribution in [0.5, 0.6) is 5.75 Å². The molecule has 0 bridgehead atoms. The lowest BCUT2D eigenvalue weighted by Crippen LogP contribution is -2.23. The zero-order valence-electron chi connectivity index (χ0n) is 13.2. The van der Waals surface area contributed by atoms with Crippen LogP contribution in [0.2, 0.25) is 0 Å². The second-order valence-corrected chi connectivity index (χ2v) is 4.91. The lowest BCUT2D eigenvalue weighted by atomic mass is 10.2. The number of carbonyl (C=O) groups excluding carboxylic acids is 2. The molecule has 6 heteroatoms. The van der Waals surface area contributed by atoms with Gasteiger partial charge in [0, 0.05) is 17.8 Å². The molecular weight excluding hydrogens is 306 g/mol. The van der Waals surface area contributed by atoms with E-state index in [1.807, 2.05) is 13.0 Å². The molecule has 0 fully saturated rings. The van der Waals surface area contributed by atoms with Crippen molar-refractivity contribution < 1.29 is 14.3 Å². The number of hydrogen-bond donors (Lipinski definition) is 2. The number of nitrogens with zero attached hydrogens (tertiary/aromatic N) is 1.